The maximum absolute atomic E-state index is 11.3. The van der Waals surface area contributed by atoms with Crippen LogP contribution in [0.25, 0.3) is 0 Å². The zero-order valence-electron chi connectivity index (χ0n) is 17.1. The highest BCUT2D eigenvalue weighted by Gasteiger charge is 2.10. The first-order valence-electron chi connectivity index (χ1n) is 9.12. The Morgan fingerprint density at radius 2 is 0.733 bits per heavy atom. The van der Waals surface area contributed by atoms with Crippen LogP contribution < -0.4 is 18.9 Å². The number of carbonyl (C=O) groups is 4. The highest BCUT2D eigenvalue weighted by molar-refractivity contribution is 5.72. The number of carbonyl (C=O) groups excluding carboxylic acids is 4. The number of rotatable bonds is 7. The molecule has 0 radical (unpaired) electrons. The van der Waals surface area contributed by atoms with Crippen LogP contribution in [0.15, 0.2) is 36.4 Å². The highest BCUT2D eigenvalue weighted by Crippen LogP contribution is 2.27. The first-order chi connectivity index (χ1) is 14.1. The summed E-state index contributed by atoms with van der Waals surface area (Å²) in [6.45, 7) is 5.09. The third-order valence-electron chi connectivity index (χ3n) is 3.63. The van der Waals surface area contributed by atoms with E-state index in [1.807, 2.05) is 0 Å². The Labute approximate surface area is 173 Å². The number of hydrogen-bond acceptors (Lipinski definition) is 8. The van der Waals surface area contributed by atoms with Crippen molar-refractivity contribution >= 4 is 23.9 Å². The van der Waals surface area contributed by atoms with E-state index in [0.717, 1.165) is 11.1 Å². The normalized spacial score (nSPS) is 10.1. The summed E-state index contributed by atoms with van der Waals surface area (Å²) < 4.78 is 20.4. The van der Waals surface area contributed by atoms with Crippen LogP contribution in [0, 0.1) is 0 Å². The van der Waals surface area contributed by atoms with Gasteiger partial charge in [-0.15, -0.1) is 0 Å². The van der Waals surface area contributed by atoms with Gasteiger partial charge in [0, 0.05) is 39.8 Å². The van der Waals surface area contributed by atoms with E-state index >= 15 is 0 Å². The van der Waals surface area contributed by atoms with Gasteiger partial charge < -0.3 is 18.9 Å². The average Bonchev–Trinajstić information content (AvgIpc) is 2.57. The summed E-state index contributed by atoms with van der Waals surface area (Å²) in [5.41, 5.74) is 1.49. The van der Waals surface area contributed by atoms with Crippen molar-refractivity contribution in [3.8, 4) is 23.0 Å². The molecule has 0 N–H and O–H groups in total. The molecular weight excluding hydrogens is 392 g/mol. The van der Waals surface area contributed by atoms with Crippen LogP contribution in [0.4, 0.5) is 0 Å². The second-order valence-electron chi connectivity index (χ2n) is 6.50. The predicted molar refractivity (Wildman–Crippen MR) is 106 cm³/mol. The molecule has 2 aromatic carbocycles. The molecular formula is C22H22O8. The number of benzene rings is 2. The van der Waals surface area contributed by atoms with E-state index in [0.29, 0.717) is 12.8 Å². The lowest BCUT2D eigenvalue weighted by molar-refractivity contribution is -0.133. The molecule has 0 unspecified atom stereocenters. The highest BCUT2D eigenvalue weighted by atomic mass is 16.6. The van der Waals surface area contributed by atoms with E-state index in [2.05, 4.69) is 0 Å². The smallest absolute Gasteiger partial charge is 0.308 e. The third-order valence-corrected chi connectivity index (χ3v) is 3.63. The zero-order chi connectivity index (χ0) is 22.3. The van der Waals surface area contributed by atoms with Crippen molar-refractivity contribution < 1.29 is 38.1 Å². The van der Waals surface area contributed by atoms with Crippen LogP contribution in [0.5, 0.6) is 23.0 Å². The summed E-state index contributed by atoms with van der Waals surface area (Å²) in [5.74, 6) is -0.976. The Balaban J connectivity index is 2.27. The molecule has 158 valence electrons. The molecule has 0 bridgehead atoms. The molecule has 0 fully saturated rings. The Morgan fingerprint density at radius 3 is 0.933 bits per heavy atom. The fraction of sp³-hybridized carbons (Fsp3) is 0.273. The molecule has 0 spiro atoms. The van der Waals surface area contributed by atoms with Gasteiger partial charge in [-0.05, 0) is 48.2 Å². The molecule has 30 heavy (non-hydrogen) atoms. The first kappa shape index (κ1) is 22.6. The molecule has 0 amide bonds. The average molecular weight is 414 g/mol. The van der Waals surface area contributed by atoms with Crippen molar-refractivity contribution in [1.29, 1.82) is 0 Å². The Kier molecular flexibility index (Phi) is 7.69. The molecule has 2 rings (SSSR count). The monoisotopic (exact) mass is 414 g/mol. The molecule has 0 aliphatic rings. The van der Waals surface area contributed by atoms with Crippen LogP contribution in [0.2, 0.25) is 0 Å². The molecule has 0 aliphatic heterocycles. The van der Waals surface area contributed by atoms with Gasteiger partial charge in [0.25, 0.3) is 0 Å². The molecule has 8 heteroatoms. The van der Waals surface area contributed by atoms with Crippen molar-refractivity contribution in [2.24, 2.45) is 0 Å². The molecule has 0 saturated heterocycles. The van der Waals surface area contributed by atoms with Crippen molar-refractivity contribution in [3.05, 3.63) is 47.5 Å². The molecule has 0 aromatic heterocycles. The van der Waals surface area contributed by atoms with Gasteiger partial charge in [-0.1, -0.05) is 0 Å². The third kappa shape index (κ3) is 7.75. The second kappa shape index (κ2) is 10.2. The van der Waals surface area contributed by atoms with Gasteiger partial charge in [0.2, 0.25) is 0 Å². The van der Waals surface area contributed by atoms with Gasteiger partial charge in [0.15, 0.2) is 0 Å². The van der Waals surface area contributed by atoms with E-state index in [-0.39, 0.29) is 23.0 Å². The lowest BCUT2D eigenvalue weighted by Gasteiger charge is -2.11. The van der Waals surface area contributed by atoms with Gasteiger partial charge in [0.05, 0.1) is 0 Å². The minimum absolute atomic E-state index is 0.255. The molecule has 2 aromatic rings. The molecule has 0 aliphatic carbocycles. The number of ether oxygens (including phenoxy) is 4. The van der Waals surface area contributed by atoms with Crippen molar-refractivity contribution in [2.75, 3.05) is 0 Å². The van der Waals surface area contributed by atoms with Crippen LogP contribution in [-0.2, 0) is 32.0 Å². The van der Waals surface area contributed by atoms with E-state index in [4.69, 9.17) is 18.9 Å². The fourth-order valence-electron chi connectivity index (χ4n) is 2.74. The Morgan fingerprint density at radius 1 is 0.500 bits per heavy atom. The van der Waals surface area contributed by atoms with E-state index in [1.54, 1.807) is 24.3 Å². The minimum Gasteiger partial charge on any atom is -0.427 e. The number of esters is 4. The van der Waals surface area contributed by atoms with Crippen molar-refractivity contribution in [1.82, 2.24) is 0 Å². The summed E-state index contributed by atoms with van der Waals surface area (Å²) in [6.07, 6.45) is 0.957. The molecule has 0 heterocycles. The summed E-state index contributed by atoms with van der Waals surface area (Å²) in [4.78, 5) is 45.1. The topological polar surface area (TPSA) is 105 Å². The van der Waals surface area contributed by atoms with E-state index in [1.165, 1.54) is 39.8 Å². The largest absolute Gasteiger partial charge is 0.427 e. The predicted octanol–water partition coefficient (Wildman–Crippen LogP) is 3.17. The van der Waals surface area contributed by atoms with E-state index in [9.17, 15) is 19.2 Å². The van der Waals surface area contributed by atoms with E-state index < -0.39 is 23.9 Å². The second-order valence-corrected chi connectivity index (χ2v) is 6.50. The Hall–Kier alpha value is -3.68. The SMILES string of the molecule is CC(=O)Oc1cc(CCc2cc(OC(C)=O)cc(OC(C)=O)c2)cc(OC(C)=O)c1. The minimum atomic E-state index is -0.499. The van der Waals surface area contributed by atoms with Crippen molar-refractivity contribution in [2.45, 2.75) is 40.5 Å². The van der Waals surface area contributed by atoms with Gasteiger partial charge in [-0.2, -0.15) is 0 Å². The van der Waals surface area contributed by atoms with Gasteiger partial charge >= 0.3 is 23.9 Å². The van der Waals surface area contributed by atoms with Gasteiger partial charge in [-0.3, -0.25) is 19.2 Å². The summed E-state index contributed by atoms with van der Waals surface area (Å²) in [6, 6.07) is 9.56. The van der Waals surface area contributed by atoms with Crippen LogP contribution in [-0.4, -0.2) is 23.9 Å². The first-order valence-corrected chi connectivity index (χ1v) is 9.12. The quantitative estimate of drug-likeness (QED) is 0.502. The lowest BCUT2D eigenvalue weighted by atomic mass is 10.0. The summed E-state index contributed by atoms with van der Waals surface area (Å²) >= 11 is 0. The van der Waals surface area contributed by atoms with Crippen LogP contribution >= 0.6 is 0 Å². The Bertz CT molecular complexity index is 829. The zero-order valence-corrected chi connectivity index (χ0v) is 17.1. The van der Waals surface area contributed by atoms with Gasteiger partial charge in [-0.25, -0.2) is 0 Å². The standard InChI is InChI=1S/C22H22O8/c1-13(23)27-19-7-17(8-20(11-19)28-14(2)24)5-6-18-9-21(29-15(3)25)12-22(10-18)30-16(4)26/h7-12H,5-6H2,1-4H3. The van der Waals surface area contributed by atoms with Crippen molar-refractivity contribution in [3.63, 3.8) is 0 Å². The maximum Gasteiger partial charge on any atom is 0.308 e. The summed E-state index contributed by atoms with van der Waals surface area (Å²) in [5, 5.41) is 0. The summed E-state index contributed by atoms with van der Waals surface area (Å²) in [7, 11) is 0. The van der Waals surface area contributed by atoms with Gasteiger partial charge in [0.1, 0.15) is 23.0 Å². The molecule has 0 atom stereocenters. The molecule has 0 saturated carbocycles. The lowest BCUT2D eigenvalue weighted by Crippen LogP contribution is -2.06. The van der Waals surface area contributed by atoms with Crippen LogP contribution in [0.1, 0.15) is 38.8 Å². The van der Waals surface area contributed by atoms with Crippen LogP contribution in [0.3, 0.4) is 0 Å². The maximum atomic E-state index is 11.3. The number of aryl methyl sites for hydroxylation is 2. The number of hydrogen-bond donors (Lipinski definition) is 0. The molecule has 8 nitrogen and oxygen atoms in total. The fourth-order valence-corrected chi connectivity index (χ4v) is 2.74.